The summed E-state index contributed by atoms with van der Waals surface area (Å²) in [6.07, 6.45) is 8.66. The molecule has 0 radical (unpaired) electrons. The average molecular weight is 439 g/mol. The largest absolute Gasteiger partial charge is 0.481 e. The summed E-state index contributed by atoms with van der Waals surface area (Å²) < 4.78 is 25.6. The van der Waals surface area contributed by atoms with Crippen LogP contribution >= 0.6 is 0 Å². The van der Waals surface area contributed by atoms with Crippen molar-refractivity contribution in [3.05, 3.63) is 42.2 Å². The molecule has 2 aliphatic rings. The van der Waals surface area contributed by atoms with Gasteiger partial charge in [0.25, 0.3) is 0 Å². The number of anilines is 1. The van der Waals surface area contributed by atoms with Crippen LogP contribution in [-0.4, -0.2) is 46.8 Å². The first kappa shape index (κ1) is 20.9. The lowest BCUT2D eigenvalue weighted by molar-refractivity contribution is -0.142. The molecule has 1 saturated heterocycles. The predicted octanol–water partition coefficient (Wildman–Crippen LogP) is 4.44. The number of benzene rings is 1. The third-order valence-electron chi connectivity index (χ3n) is 6.18. The van der Waals surface area contributed by atoms with Crippen LogP contribution in [0.4, 0.5) is 10.2 Å². The normalized spacial score (nSPS) is 17.2. The molecule has 1 aliphatic heterocycles. The Bertz CT molecular complexity index is 1120. The summed E-state index contributed by atoms with van der Waals surface area (Å²) in [4.78, 5) is 23.0. The molecule has 3 heterocycles. The van der Waals surface area contributed by atoms with E-state index in [0.29, 0.717) is 61.1 Å². The summed E-state index contributed by atoms with van der Waals surface area (Å²) in [6.45, 7) is 1.85. The summed E-state index contributed by atoms with van der Waals surface area (Å²) in [6, 6.07) is 5.00. The molecule has 1 saturated carbocycles. The Labute approximate surface area is 185 Å². The van der Waals surface area contributed by atoms with Gasteiger partial charge in [0.1, 0.15) is 5.69 Å². The molecule has 2 fully saturated rings. The summed E-state index contributed by atoms with van der Waals surface area (Å²) in [5, 5.41) is 10.0. The number of carboxylic acids is 1. The second-order valence-corrected chi connectivity index (χ2v) is 8.60. The van der Waals surface area contributed by atoms with Gasteiger partial charge in [0, 0.05) is 36.8 Å². The second kappa shape index (κ2) is 8.86. The number of halogens is 1. The summed E-state index contributed by atoms with van der Waals surface area (Å²) in [5.41, 5.74) is 2.30. The van der Waals surface area contributed by atoms with E-state index in [2.05, 4.69) is 9.88 Å². The van der Waals surface area contributed by atoms with Gasteiger partial charge in [-0.3, -0.25) is 9.78 Å². The van der Waals surface area contributed by atoms with Crippen LogP contribution in [0.1, 0.15) is 37.8 Å². The second-order valence-electron chi connectivity index (χ2n) is 8.60. The molecule has 5 rings (SSSR count). The molecular formula is C24H26FN3O4. The number of furan rings is 1. The van der Waals surface area contributed by atoms with E-state index in [-0.39, 0.29) is 11.5 Å². The van der Waals surface area contributed by atoms with Crippen LogP contribution < -0.4 is 4.90 Å². The van der Waals surface area contributed by atoms with E-state index in [1.54, 1.807) is 12.3 Å². The number of fused-ring (bicyclic) bond motifs is 1. The number of nitrogens with zero attached hydrogens (tertiary/aromatic N) is 3. The van der Waals surface area contributed by atoms with Gasteiger partial charge in [-0.25, -0.2) is 9.37 Å². The molecule has 3 aromatic rings. The topological polar surface area (TPSA) is 88.7 Å². The van der Waals surface area contributed by atoms with Crippen molar-refractivity contribution in [1.29, 1.82) is 0 Å². The third-order valence-corrected chi connectivity index (χ3v) is 6.18. The van der Waals surface area contributed by atoms with Crippen molar-refractivity contribution in [2.45, 2.75) is 44.6 Å². The average Bonchev–Trinajstić information content (AvgIpc) is 3.50. The van der Waals surface area contributed by atoms with E-state index in [1.165, 1.54) is 12.3 Å². The highest BCUT2D eigenvalue weighted by atomic mass is 19.1. The van der Waals surface area contributed by atoms with E-state index < -0.39 is 11.8 Å². The summed E-state index contributed by atoms with van der Waals surface area (Å²) in [7, 11) is 0. The Balaban J connectivity index is 1.43. The standard InChI is InChI=1S/C24H26FN3O4/c25-20-13-17(12-16-7-11-32-22(16)20)21-23(28-8-5-15(6-9-28)24(29)30)27-18(14-26-21)2-1-10-31-19-3-4-19/h7,11-15,19H,1-6,8-10H2,(H,29,30). The molecule has 1 N–H and O–H groups in total. The fraction of sp³-hybridized carbons (Fsp3) is 0.458. The first-order chi connectivity index (χ1) is 15.6. The minimum Gasteiger partial charge on any atom is -0.481 e. The maximum atomic E-state index is 14.6. The van der Waals surface area contributed by atoms with Crippen molar-refractivity contribution < 1.29 is 23.4 Å². The number of ether oxygens (including phenoxy) is 1. The van der Waals surface area contributed by atoms with Crippen LogP contribution in [0.15, 0.2) is 35.1 Å². The number of carbonyl (C=O) groups is 1. The number of carboxylic acid groups (broad SMARTS) is 1. The van der Waals surface area contributed by atoms with Crippen LogP contribution in [0.3, 0.4) is 0 Å². The zero-order chi connectivity index (χ0) is 22.1. The molecule has 1 aromatic carbocycles. The molecule has 0 atom stereocenters. The van der Waals surface area contributed by atoms with Crippen molar-refractivity contribution in [3.63, 3.8) is 0 Å². The molecular weight excluding hydrogens is 413 g/mol. The lowest BCUT2D eigenvalue weighted by atomic mass is 9.96. The molecule has 1 aliphatic carbocycles. The number of aryl methyl sites for hydroxylation is 1. The summed E-state index contributed by atoms with van der Waals surface area (Å²) >= 11 is 0. The van der Waals surface area contributed by atoms with Gasteiger partial charge in [-0.2, -0.15) is 0 Å². The highest BCUT2D eigenvalue weighted by Crippen LogP contribution is 2.34. The Morgan fingerprint density at radius 1 is 1.25 bits per heavy atom. The minimum absolute atomic E-state index is 0.220. The molecule has 0 bridgehead atoms. The third kappa shape index (κ3) is 4.46. The van der Waals surface area contributed by atoms with E-state index in [9.17, 15) is 14.3 Å². The van der Waals surface area contributed by atoms with Gasteiger partial charge >= 0.3 is 5.97 Å². The van der Waals surface area contributed by atoms with Crippen LogP contribution in [-0.2, 0) is 16.0 Å². The molecule has 168 valence electrons. The van der Waals surface area contributed by atoms with E-state index in [0.717, 1.165) is 31.4 Å². The quantitative estimate of drug-likeness (QED) is 0.519. The number of aliphatic carboxylic acids is 1. The number of hydrogen-bond acceptors (Lipinski definition) is 6. The molecule has 0 spiro atoms. The lowest BCUT2D eigenvalue weighted by Gasteiger charge is -2.32. The number of piperidine rings is 1. The molecule has 8 heteroatoms. The monoisotopic (exact) mass is 439 g/mol. The molecule has 7 nitrogen and oxygen atoms in total. The van der Waals surface area contributed by atoms with Gasteiger partial charge in [0.05, 0.1) is 24.0 Å². The van der Waals surface area contributed by atoms with Crippen molar-refractivity contribution in [2.24, 2.45) is 5.92 Å². The molecule has 0 amide bonds. The van der Waals surface area contributed by atoms with Gasteiger partial charge in [-0.15, -0.1) is 0 Å². The Hall–Kier alpha value is -3.00. The fourth-order valence-electron chi connectivity index (χ4n) is 4.21. The highest BCUT2D eigenvalue weighted by molar-refractivity contribution is 5.85. The molecule has 0 unspecified atom stereocenters. The van der Waals surface area contributed by atoms with Crippen molar-refractivity contribution in [1.82, 2.24) is 9.97 Å². The van der Waals surface area contributed by atoms with Crippen LogP contribution in [0.5, 0.6) is 0 Å². The van der Waals surface area contributed by atoms with Gasteiger partial charge in [-0.1, -0.05) is 0 Å². The first-order valence-corrected chi connectivity index (χ1v) is 11.2. The lowest BCUT2D eigenvalue weighted by Crippen LogP contribution is -2.37. The maximum Gasteiger partial charge on any atom is 0.306 e. The molecule has 32 heavy (non-hydrogen) atoms. The number of aromatic nitrogens is 2. The Kier molecular flexibility index (Phi) is 5.78. The van der Waals surface area contributed by atoms with Gasteiger partial charge in [-0.05, 0) is 56.7 Å². The molecule has 2 aromatic heterocycles. The highest BCUT2D eigenvalue weighted by Gasteiger charge is 2.28. The smallest absolute Gasteiger partial charge is 0.306 e. The maximum absolute atomic E-state index is 14.6. The summed E-state index contributed by atoms with van der Waals surface area (Å²) in [5.74, 6) is -0.865. The van der Waals surface area contributed by atoms with E-state index in [1.807, 2.05) is 6.07 Å². The SMILES string of the molecule is O=C(O)C1CCN(c2nc(CCCOC3CC3)cnc2-c2cc(F)c3occc3c2)CC1. The van der Waals surface area contributed by atoms with Crippen LogP contribution in [0.25, 0.3) is 22.2 Å². The van der Waals surface area contributed by atoms with E-state index >= 15 is 0 Å². The van der Waals surface area contributed by atoms with Crippen LogP contribution in [0, 0.1) is 11.7 Å². The van der Waals surface area contributed by atoms with Crippen molar-refractivity contribution in [3.8, 4) is 11.3 Å². The van der Waals surface area contributed by atoms with Crippen molar-refractivity contribution in [2.75, 3.05) is 24.6 Å². The minimum atomic E-state index is -0.757. The number of hydrogen-bond donors (Lipinski definition) is 1. The Morgan fingerprint density at radius 3 is 2.81 bits per heavy atom. The number of rotatable bonds is 8. The Morgan fingerprint density at radius 2 is 2.06 bits per heavy atom. The van der Waals surface area contributed by atoms with E-state index in [4.69, 9.17) is 14.1 Å². The van der Waals surface area contributed by atoms with Gasteiger partial charge in [0.2, 0.25) is 0 Å². The van der Waals surface area contributed by atoms with Crippen molar-refractivity contribution >= 4 is 22.8 Å². The fourth-order valence-corrected chi connectivity index (χ4v) is 4.21. The van der Waals surface area contributed by atoms with Gasteiger partial charge in [0.15, 0.2) is 17.2 Å². The zero-order valence-electron chi connectivity index (χ0n) is 17.8. The first-order valence-electron chi connectivity index (χ1n) is 11.2. The van der Waals surface area contributed by atoms with Crippen LogP contribution in [0.2, 0.25) is 0 Å². The predicted molar refractivity (Wildman–Crippen MR) is 117 cm³/mol. The van der Waals surface area contributed by atoms with Gasteiger partial charge < -0.3 is 19.2 Å². The zero-order valence-corrected chi connectivity index (χ0v) is 17.8.